The summed E-state index contributed by atoms with van der Waals surface area (Å²) in [5, 5.41) is 2.98. The minimum atomic E-state index is -0.0440. The average molecular weight is 248 g/mol. The lowest BCUT2D eigenvalue weighted by Gasteiger charge is -2.19. The third-order valence-electron chi connectivity index (χ3n) is 3.54. The standard InChI is InChI=1S/C14H20N2O2/c1-9(8-15)10(2)16-14(17)12-3-4-13-11(7-12)5-6-18-13/h3-4,7,9-10H,5-6,8,15H2,1-2H3,(H,16,17). The molecule has 0 aromatic heterocycles. The molecule has 2 rings (SSSR count). The Morgan fingerprint density at radius 2 is 2.28 bits per heavy atom. The zero-order valence-corrected chi connectivity index (χ0v) is 10.9. The van der Waals surface area contributed by atoms with Crippen molar-refractivity contribution < 1.29 is 9.53 Å². The molecule has 1 amide bonds. The van der Waals surface area contributed by atoms with Gasteiger partial charge in [-0.1, -0.05) is 6.92 Å². The lowest BCUT2D eigenvalue weighted by atomic mass is 10.0. The van der Waals surface area contributed by atoms with E-state index in [9.17, 15) is 4.79 Å². The van der Waals surface area contributed by atoms with Crippen LogP contribution in [0.1, 0.15) is 29.8 Å². The first-order valence-corrected chi connectivity index (χ1v) is 6.38. The van der Waals surface area contributed by atoms with Gasteiger partial charge in [0.05, 0.1) is 6.61 Å². The van der Waals surface area contributed by atoms with E-state index in [1.807, 2.05) is 26.0 Å². The van der Waals surface area contributed by atoms with E-state index in [4.69, 9.17) is 10.5 Å². The summed E-state index contributed by atoms with van der Waals surface area (Å²) in [7, 11) is 0. The van der Waals surface area contributed by atoms with Gasteiger partial charge in [-0.25, -0.2) is 0 Å². The number of fused-ring (bicyclic) bond motifs is 1. The number of benzene rings is 1. The second-order valence-electron chi connectivity index (χ2n) is 4.90. The second kappa shape index (κ2) is 5.40. The monoisotopic (exact) mass is 248 g/mol. The van der Waals surface area contributed by atoms with E-state index in [-0.39, 0.29) is 17.9 Å². The van der Waals surface area contributed by atoms with Crippen molar-refractivity contribution in [1.82, 2.24) is 5.32 Å². The molecule has 4 heteroatoms. The van der Waals surface area contributed by atoms with Crippen LogP contribution in [0, 0.1) is 5.92 Å². The maximum absolute atomic E-state index is 12.1. The molecule has 2 unspecified atom stereocenters. The van der Waals surface area contributed by atoms with Crippen molar-refractivity contribution >= 4 is 5.91 Å². The average Bonchev–Trinajstić information content (AvgIpc) is 2.84. The maximum atomic E-state index is 12.1. The third-order valence-corrected chi connectivity index (χ3v) is 3.54. The minimum Gasteiger partial charge on any atom is -0.493 e. The van der Waals surface area contributed by atoms with Gasteiger partial charge in [-0.15, -0.1) is 0 Å². The van der Waals surface area contributed by atoms with Crippen LogP contribution in [-0.2, 0) is 6.42 Å². The summed E-state index contributed by atoms with van der Waals surface area (Å²) in [5.74, 6) is 1.12. The molecule has 3 N–H and O–H groups in total. The number of carbonyl (C=O) groups is 1. The van der Waals surface area contributed by atoms with Crippen LogP contribution >= 0.6 is 0 Å². The number of nitrogens with two attached hydrogens (primary N) is 1. The van der Waals surface area contributed by atoms with Gasteiger partial charge >= 0.3 is 0 Å². The molecular formula is C14H20N2O2. The highest BCUT2D eigenvalue weighted by molar-refractivity contribution is 5.94. The lowest BCUT2D eigenvalue weighted by molar-refractivity contribution is 0.0929. The Bertz CT molecular complexity index is 445. The van der Waals surface area contributed by atoms with Crippen LogP contribution in [0.4, 0.5) is 0 Å². The van der Waals surface area contributed by atoms with Crippen LogP contribution < -0.4 is 15.8 Å². The summed E-state index contributed by atoms with van der Waals surface area (Å²) in [4.78, 5) is 12.1. The molecule has 18 heavy (non-hydrogen) atoms. The van der Waals surface area contributed by atoms with Crippen LogP contribution in [0.25, 0.3) is 0 Å². The lowest BCUT2D eigenvalue weighted by Crippen LogP contribution is -2.39. The molecule has 1 aromatic carbocycles. The molecule has 0 radical (unpaired) electrons. The summed E-state index contributed by atoms with van der Waals surface area (Å²) < 4.78 is 5.42. The molecule has 0 fully saturated rings. The van der Waals surface area contributed by atoms with Gasteiger partial charge in [0, 0.05) is 18.0 Å². The van der Waals surface area contributed by atoms with Gasteiger partial charge in [0.1, 0.15) is 5.75 Å². The van der Waals surface area contributed by atoms with E-state index in [1.165, 1.54) is 0 Å². The van der Waals surface area contributed by atoms with E-state index in [0.717, 1.165) is 17.7 Å². The van der Waals surface area contributed by atoms with E-state index in [1.54, 1.807) is 6.07 Å². The predicted octanol–water partition coefficient (Wildman–Crippen LogP) is 1.33. The Morgan fingerprint density at radius 1 is 1.50 bits per heavy atom. The molecule has 1 aliphatic heterocycles. The van der Waals surface area contributed by atoms with Gasteiger partial charge < -0.3 is 15.8 Å². The Balaban J connectivity index is 2.05. The molecule has 2 atom stereocenters. The molecule has 0 bridgehead atoms. The molecule has 98 valence electrons. The van der Waals surface area contributed by atoms with Crippen LogP contribution in [0.3, 0.4) is 0 Å². The molecular weight excluding hydrogens is 228 g/mol. The van der Waals surface area contributed by atoms with Gasteiger partial charge in [0.25, 0.3) is 5.91 Å². The molecule has 0 aliphatic carbocycles. The fraction of sp³-hybridized carbons (Fsp3) is 0.500. The molecule has 4 nitrogen and oxygen atoms in total. The number of hydrogen-bond donors (Lipinski definition) is 2. The van der Waals surface area contributed by atoms with Crippen LogP contribution in [0.2, 0.25) is 0 Å². The molecule has 0 saturated heterocycles. The van der Waals surface area contributed by atoms with E-state index < -0.39 is 0 Å². The Morgan fingerprint density at radius 3 is 3.00 bits per heavy atom. The largest absolute Gasteiger partial charge is 0.493 e. The first-order chi connectivity index (χ1) is 8.61. The minimum absolute atomic E-state index is 0.0440. The van der Waals surface area contributed by atoms with Crippen LogP contribution in [-0.4, -0.2) is 25.1 Å². The Kier molecular flexibility index (Phi) is 3.87. The number of hydrogen-bond acceptors (Lipinski definition) is 3. The van der Waals surface area contributed by atoms with Crippen molar-refractivity contribution in [1.29, 1.82) is 0 Å². The van der Waals surface area contributed by atoms with Gasteiger partial charge in [-0.05, 0) is 43.1 Å². The Labute approximate surface area is 108 Å². The number of amides is 1. The van der Waals surface area contributed by atoms with E-state index in [2.05, 4.69) is 5.32 Å². The summed E-state index contributed by atoms with van der Waals surface area (Å²) in [6, 6.07) is 5.66. The van der Waals surface area contributed by atoms with Crippen molar-refractivity contribution in [2.75, 3.05) is 13.2 Å². The molecule has 1 aromatic rings. The fourth-order valence-electron chi connectivity index (χ4n) is 1.96. The zero-order valence-electron chi connectivity index (χ0n) is 10.9. The number of nitrogens with one attached hydrogen (secondary N) is 1. The molecule has 1 aliphatic rings. The van der Waals surface area contributed by atoms with Crippen LogP contribution in [0.15, 0.2) is 18.2 Å². The van der Waals surface area contributed by atoms with Crippen LogP contribution in [0.5, 0.6) is 5.75 Å². The number of ether oxygens (including phenoxy) is 1. The van der Waals surface area contributed by atoms with Gasteiger partial charge in [-0.3, -0.25) is 4.79 Å². The summed E-state index contributed by atoms with van der Waals surface area (Å²) in [6.07, 6.45) is 0.880. The first-order valence-electron chi connectivity index (χ1n) is 6.38. The highest BCUT2D eigenvalue weighted by Crippen LogP contribution is 2.25. The number of rotatable bonds is 4. The molecule has 0 spiro atoms. The van der Waals surface area contributed by atoms with Crippen molar-refractivity contribution in [3.63, 3.8) is 0 Å². The predicted molar refractivity (Wildman–Crippen MR) is 70.8 cm³/mol. The van der Waals surface area contributed by atoms with Gasteiger partial charge in [0.15, 0.2) is 0 Å². The second-order valence-corrected chi connectivity index (χ2v) is 4.90. The first kappa shape index (κ1) is 12.9. The van der Waals surface area contributed by atoms with Crippen molar-refractivity contribution in [2.45, 2.75) is 26.3 Å². The smallest absolute Gasteiger partial charge is 0.251 e. The van der Waals surface area contributed by atoms with E-state index >= 15 is 0 Å². The van der Waals surface area contributed by atoms with Gasteiger partial charge in [-0.2, -0.15) is 0 Å². The fourth-order valence-corrected chi connectivity index (χ4v) is 1.96. The Hall–Kier alpha value is -1.55. The quantitative estimate of drug-likeness (QED) is 0.845. The van der Waals surface area contributed by atoms with Gasteiger partial charge in [0.2, 0.25) is 0 Å². The summed E-state index contributed by atoms with van der Waals surface area (Å²) in [6.45, 7) is 5.29. The summed E-state index contributed by atoms with van der Waals surface area (Å²) >= 11 is 0. The van der Waals surface area contributed by atoms with Crippen molar-refractivity contribution in [3.05, 3.63) is 29.3 Å². The molecule has 0 saturated carbocycles. The van der Waals surface area contributed by atoms with Crippen molar-refractivity contribution in [3.8, 4) is 5.75 Å². The third kappa shape index (κ3) is 2.64. The SMILES string of the molecule is CC(CN)C(C)NC(=O)c1ccc2c(c1)CCO2. The summed E-state index contributed by atoms with van der Waals surface area (Å²) in [5.41, 5.74) is 7.40. The molecule has 1 heterocycles. The normalized spacial score (nSPS) is 16.6. The topological polar surface area (TPSA) is 64.3 Å². The number of carbonyl (C=O) groups excluding carboxylic acids is 1. The zero-order chi connectivity index (χ0) is 13.1. The maximum Gasteiger partial charge on any atom is 0.251 e. The highest BCUT2D eigenvalue weighted by Gasteiger charge is 2.17. The highest BCUT2D eigenvalue weighted by atomic mass is 16.5. The van der Waals surface area contributed by atoms with E-state index in [0.29, 0.717) is 18.7 Å². The van der Waals surface area contributed by atoms with Crippen molar-refractivity contribution in [2.24, 2.45) is 11.7 Å².